The molecule has 0 amide bonds. The molecule has 4 atom stereocenters. The fraction of sp³-hybridized carbons (Fsp3) is 0.630. The molecule has 0 N–H and O–H groups in total. The molecule has 0 aliphatic heterocycles. The topological polar surface area (TPSA) is 0 Å². The average molecular weight is 415 g/mol. The summed E-state index contributed by atoms with van der Waals surface area (Å²) in [5, 5.41) is 0.640. The molecule has 162 valence electrons. The smallest absolute Gasteiger partial charge is 0.195 e. The second-order valence-corrected chi connectivity index (χ2v) is 10.6. The minimum atomic E-state index is -1.38. The fourth-order valence-corrected chi connectivity index (χ4v) is 7.09. The van der Waals surface area contributed by atoms with E-state index in [1.807, 2.05) is 12.1 Å². The molecule has 3 fully saturated rings. The van der Waals surface area contributed by atoms with Crippen molar-refractivity contribution in [2.75, 3.05) is 0 Å². The van der Waals surface area contributed by atoms with E-state index in [0.717, 1.165) is 54.1 Å². The highest BCUT2D eigenvalue weighted by Gasteiger charge is 2.38. The summed E-state index contributed by atoms with van der Waals surface area (Å²) in [6, 6.07) is 6.55. The highest BCUT2D eigenvalue weighted by molar-refractivity contribution is 5.84. The van der Waals surface area contributed by atoms with Gasteiger partial charge in [-0.1, -0.05) is 31.5 Å². The molecule has 0 bridgehead atoms. The first-order chi connectivity index (χ1) is 14.5. The molecule has 30 heavy (non-hydrogen) atoms. The van der Waals surface area contributed by atoms with Gasteiger partial charge in [0.05, 0.1) is 0 Å². The number of benzene rings is 2. The third-order valence-corrected chi connectivity index (χ3v) is 8.82. The van der Waals surface area contributed by atoms with Crippen molar-refractivity contribution in [3.05, 3.63) is 47.3 Å². The molecule has 3 aliphatic rings. The molecule has 2 aromatic rings. The Labute approximate surface area is 178 Å². The number of halogens is 3. The van der Waals surface area contributed by atoms with Gasteiger partial charge in [0, 0.05) is 5.39 Å². The number of hydrogen-bond acceptors (Lipinski definition) is 0. The predicted molar refractivity (Wildman–Crippen MR) is 116 cm³/mol. The molecule has 2 aromatic carbocycles. The van der Waals surface area contributed by atoms with Crippen LogP contribution in [0.3, 0.4) is 0 Å². The zero-order chi connectivity index (χ0) is 20.8. The van der Waals surface area contributed by atoms with E-state index < -0.39 is 17.5 Å². The van der Waals surface area contributed by atoms with Gasteiger partial charge >= 0.3 is 0 Å². The van der Waals surface area contributed by atoms with Crippen molar-refractivity contribution >= 4 is 10.8 Å². The van der Waals surface area contributed by atoms with E-state index in [1.54, 1.807) is 6.07 Å². The normalized spacial score (nSPS) is 34.7. The van der Waals surface area contributed by atoms with Crippen molar-refractivity contribution < 1.29 is 13.2 Å². The van der Waals surface area contributed by atoms with E-state index in [9.17, 15) is 13.2 Å². The van der Waals surface area contributed by atoms with Crippen LogP contribution in [0.25, 0.3) is 10.8 Å². The number of hydrogen-bond donors (Lipinski definition) is 0. The Bertz CT molecular complexity index is 912. The minimum absolute atomic E-state index is 0.171. The first-order valence-electron chi connectivity index (χ1n) is 12.1. The van der Waals surface area contributed by atoms with Gasteiger partial charge in [-0.05, 0) is 110 Å². The van der Waals surface area contributed by atoms with Gasteiger partial charge in [-0.2, -0.15) is 0 Å². The molecule has 5 rings (SSSR count). The summed E-state index contributed by atoms with van der Waals surface area (Å²) in [6.45, 7) is 2.43. The van der Waals surface area contributed by atoms with Crippen molar-refractivity contribution in [1.82, 2.24) is 0 Å². The molecule has 0 radical (unpaired) electrons. The van der Waals surface area contributed by atoms with Gasteiger partial charge in [-0.3, -0.25) is 0 Å². The van der Waals surface area contributed by atoms with Crippen LogP contribution in [-0.2, 0) is 0 Å². The van der Waals surface area contributed by atoms with Crippen molar-refractivity contribution in [1.29, 1.82) is 0 Å². The van der Waals surface area contributed by atoms with Gasteiger partial charge in [-0.15, -0.1) is 0 Å². The molecule has 0 spiro atoms. The highest BCUT2D eigenvalue weighted by atomic mass is 19.2. The fourth-order valence-electron chi connectivity index (χ4n) is 7.09. The Morgan fingerprint density at radius 1 is 0.667 bits per heavy atom. The molecule has 0 saturated heterocycles. The van der Waals surface area contributed by atoms with E-state index in [-0.39, 0.29) is 5.39 Å². The summed E-state index contributed by atoms with van der Waals surface area (Å²) in [6.07, 6.45) is 13.5. The van der Waals surface area contributed by atoms with Gasteiger partial charge in [0.25, 0.3) is 0 Å². The van der Waals surface area contributed by atoms with E-state index in [2.05, 4.69) is 6.92 Å². The maximum Gasteiger partial charge on any atom is 0.195 e. The lowest BCUT2D eigenvalue weighted by Gasteiger charge is -2.45. The first-order valence-corrected chi connectivity index (χ1v) is 12.1. The Hall–Kier alpha value is -1.51. The Kier molecular flexibility index (Phi) is 5.58. The number of rotatable bonds is 2. The van der Waals surface area contributed by atoms with Crippen LogP contribution in [0.4, 0.5) is 13.2 Å². The molecule has 3 aliphatic carbocycles. The van der Waals surface area contributed by atoms with Crippen LogP contribution < -0.4 is 0 Å². The zero-order valence-electron chi connectivity index (χ0n) is 18.0. The summed E-state index contributed by atoms with van der Waals surface area (Å²) in [7, 11) is 0. The van der Waals surface area contributed by atoms with E-state index in [4.69, 9.17) is 0 Å². The van der Waals surface area contributed by atoms with Crippen molar-refractivity contribution in [3.63, 3.8) is 0 Å². The maximum absolute atomic E-state index is 14.0. The monoisotopic (exact) mass is 414 g/mol. The molecule has 0 nitrogen and oxygen atoms in total. The lowest BCUT2D eigenvalue weighted by atomic mass is 9.61. The largest absolute Gasteiger partial charge is 0.204 e. The van der Waals surface area contributed by atoms with Crippen LogP contribution in [0.5, 0.6) is 0 Å². The second kappa shape index (κ2) is 8.20. The number of fused-ring (bicyclic) bond motifs is 2. The predicted octanol–water partition coefficient (Wildman–Crippen LogP) is 8.38. The quantitative estimate of drug-likeness (QED) is 0.433. The van der Waals surface area contributed by atoms with Gasteiger partial charge < -0.3 is 0 Å². The third kappa shape index (κ3) is 3.78. The van der Waals surface area contributed by atoms with E-state index >= 15 is 0 Å². The maximum atomic E-state index is 14.0. The van der Waals surface area contributed by atoms with Crippen LogP contribution >= 0.6 is 0 Å². The Morgan fingerprint density at radius 3 is 2.07 bits per heavy atom. The summed E-state index contributed by atoms with van der Waals surface area (Å²) >= 11 is 0. The van der Waals surface area contributed by atoms with Crippen LogP contribution in [0.15, 0.2) is 24.3 Å². The summed E-state index contributed by atoms with van der Waals surface area (Å²) < 4.78 is 41.2. The Balaban J connectivity index is 1.23. The van der Waals surface area contributed by atoms with Crippen molar-refractivity contribution in [3.8, 4) is 0 Å². The van der Waals surface area contributed by atoms with Crippen molar-refractivity contribution in [2.24, 2.45) is 29.6 Å². The van der Waals surface area contributed by atoms with Gasteiger partial charge in [0.15, 0.2) is 17.5 Å². The molecule has 0 heterocycles. The van der Waals surface area contributed by atoms with Gasteiger partial charge in [0.1, 0.15) is 0 Å². The molecule has 0 aromatic heterocycles. The van der Waals surface area contributed by atoms with Gasteiger partial charge in [0.2, 0.25) is 0 Å². The second-order valence-electron chi connectivity index (χ2n) is 10.6. The lowest BCUT2D eigenvalue weighted by Crippen LogP contribution is -2.34. The molecule has 3 saturated carbocycles. The third-order valence-electron chi connectivity index (χ3n) is 8.82. The molecule has 3 heteroatoms. The van der Waals surface area contributed by atoms with Crippen molar-refractivity contribution in [2.45, 2.75) is 77.0 Å². The van der Waals surface area contributed by atoms with Crippen LogP contribution in [0, 0.1) is 47.0 Å². The van der Waals surface area contributed by atoms with E-state index in [0.29, 0.717) is 11.3 Å². The zero-order valence-corrected chi connectivity index (χ0v) is 18.0. The Morgan fingerprint density at radius 2 is 1.30 bits per heavy atom. The van der Waals surface area contributed by atoms with Gasteiger partial charge in [-0.25, -0.2) is 13.2 Å². The average Bonchev–Trinajstić information content (AvgIpc) is 2.77. The van der Waals surface area contributed by atoms with Crippen LogP contribution in [0.2, 0.25) is 0 Å². The molecular formula is C27H33F3. The summed E-state index contributed by atoms with van der Waals surface area (Å²) in [5.74, 6) is 1.55. The minimum Gasteiger partial charge on any atom is -0.204 e. The first kappa shape index (κ1) is 20.4. The van der Waals surface area contributed by atoms with Crippen LogP contribution in [-0.4, -0.2) is 0 Å². The van der Waals surface area contributed by atoms with E-state index in [1.165, 1.54) is 51.4 Å². The summed E-state index contributed by atoms with van der Waals surface area (Å²) in [5.41, 5.74) is 1.15. The highest BCUT2D eigenvalue weighted by Crippen LogP contribution is 2.49. The molecule has 4 unspecified atom stereocenters. The van der Waals surface area contributed by atoms with Crippen LogP contribution in [0.1, 0.15) is 82.6 Å². The summed E-state index contributed by atoms with van der Waals surface area (Å²) in [4.78, 5) is 0. The standard InChI is InChI=1S/C27H33F3/c1-16-2-3-22-13-20(9-8-19(22)12-16)17-4-6-18(7-5-17)21-10-11-24-23(14-21)15-25(28)27(30)26(24)29/h10-11,14-20,22H,2-9,12-13H2,1H3. The molecular weight excluding hydrogens is 381 g/mol. The lowest BCUT2D eigenvalue weighted by molar-refractivity contribution is 0.0672. The SMILES string of the molecule is CC1CCC2CC(C3CCC(c4ccc5c(F)c(F)c(F)cc5c4)CC3)CCC2C1.